The van der Waals surface area contributed by atoms with Gasteiger partial charge in [0.2, 0.25) is 0 Å². The van der Waals surface area contributed by atoms with Gasteiger partial charge in [-0.3, -0.25) is 0 Å². The second-order valence-electron chi connectivity index (χ2n) is 1.93. The molecule has 0 bridgehead atoms. The van der Waals surface area contributed by atoms with Crippen molar-refractivity contribution in [2.75, 3.05) is 13.2 Å². The van der Waals surface area contributed by atoms with E-state index >= 15 is 0 Å². The lowest BCUT2D eigenvalue weighted by Crippen LogP contribution is -2.27. The van der Waals surface area contributed by atoms with Crippen LogP contribution in [0.25, 0.3) is 0 Å². The number of allylic oxidation sites excluding steroid dienone is 1. The van der Waals surface area contributed by atoms with Crippen molar-refractivity contribution < 1.29 is 0 Å². The number of hydrogen-bond acceptors (Lipinski definition) is 2. The van der Waals surface area contributed by atoms with E-state index in [-0.39, 0.29) is 0 Å². The number of nitrogens with one attached hydrogen (secondary N) is 2. The van der Waals surface area contributed by atoms with Gasteiger partial charge in [-0.2, -0.15) is 0 Å². The molecule has 0 spiro atoms. The van der Waals surface area contributed by atoms with E-state index in [2.05, 4.69) is 16.7 Å². The maximum absolute atomic E-state index is 3.22. The summed E-state index contributed by atoms with van der Waals surface area (Å²) in [5.41, 5.74) is 0. The summed E-state index contributed by atoms with van der Waals surface area (Å²) >= 11 is 0. The predicted molar refractivity (Wildman–Crippen MR) is 34.4 cm³/mol. The van der Waals surface area contributed by atoms with Crippen LogP contribution in [-0.4, -0.2) is 13.2 Å². The van der Waals surface area contributed by atoms with Crippen LogP contribution >= 0.6 is 0 Å². The maximum Gasteiger partial charge on any atom is 0.0647 e. The molecular weight excluding hydrogens is 100 g/mol. The third-order valence-electron chi connectivity index (χ3n) is 1.19. The standard InChI is InChI=1S/C6H12N2/c1-2-4-7-6-8-5-3-1/h2,4,7-8H,1,3,5-6H2. The van der Waals surface area contributed by atoms with Gasteiger partial charge in [-0.05, 0) is 25.6 Å². The Kier molecular flexibility index (Phi) is 2.46. The Balaban J connectivity index is 2.17. The summed E-state index contributed by atoms with van der Waals surface area (Å²) < 4.78 is 0. The first-order valence-corrected chi connectivity index (χ1v) is 3.09. The van der Waals surface area contributed by atoms with Gasteiger partial charge in [0.15, 0.2) is 0 Å². The predicted octanol–water partition coefficient (Wildman–Crippen LogP) is 0.431. The van der Waals surface area contributed by atoms with E-state index in [1.807, 2.05) is 6.20 Å². The fraction of sp³-hybridized carbons (Fsp3) is 0.667. The summed E-state index contributed by atoms with van der Waals surface area (Å²) in [5.74, 6) is 0. The van der Waals surface area contributed by atoms with E-state index in [1.54, 1.807) is 0 Å². The molecule has 0 radical (unpaired) electrons. The highest BCUT2D eigenvalue weighted by molar-refractivity contribution is 4.80. The number of rotatable bonds is 0. The molecule has 0 aliphatic carbocycles. The van der Waals surface area contributed by atoms with Gasteiger partial charge in [-0.1, -0.05) is 6.08 Å². The fourth-order valence-corrected chi connectivity index (χ4v) is 0.731. The largest absolute Gasteiger partial charge is 0.379 e. The summed E-state index contributed by atoms with van der Waals surface area (Å²) in [7, 11) is 0. The minimum absolute atomic E-state index is 0.913. The fourth-order valence-electron chi connectivity index (χ4n) is 0.731. The summed E-state index contributed by atoms with van der Waals surface area (Å²) in [6.07, 6.45) is 6.63. The highest BCUT2D eigenvalue weighted by Crippen LogP contribution is 1.88. The normalized spacial score (nSPS) is 21.0. The number of hydrogen-bond donors (Lipinski definition) is 2. The van der Waals surface area contributed by atoms with Gasteiger partial charge in [-0.15, -0.1) is 0 Å². The van der Waals surface area contributed by atoms with Gasteiger partial charge < -0.3 is 10.6 Å². The van der Waals surface area contributed by atoms with Crippen LogP contribution in [0.2, 0.25) is 0 Å². The van der Waals surface area contributed by atoms with Crippen molar-refractivity contribution >= 4 is 0 Å². The lowest BCUT2D eigenvalue weighted by atomic mass is 10.3. The van der Waals surface area contributed by atoms with Gasteiger partial charge >= 0.3 is 0 Å². The molecule has 0 atom stereocenters. The van der Waals surface area contributed by atoms with E-state index in [0.717, 1.165) is 13.2 Å². The molecule has 0 aromatic heterocycles. The Hall–Kier alpha value is -0.500. The van der Waals surface area contributed by atoms with E-state index in [1.165, 1.54) is 12.8 Å². The molecule has 1 aliphatic rings. The Morgan fingerprint density at radius 2 is 2.38 bits per heavy atom. The smallest absolute Gasteiger partial charge is 0.0647 e. The highest BCUT2D eigenvalue weighted by Gasteiger charge is 1.86. The first-order chi connectivity index (χ1) is 4.00. The van der Waals surface area contributed by atoms with Crippen molar-refractivity contribution in [2.24, 2.45) is 0 Å². The minimum Gasteiger partial charge on any atom is -0.379 e. The highest BCUT2D eigenvalue weighted by atomic mass is 15.0. The molecule has 1 heterocycles. The molecule has 1 rings (SSSR count). The van der Waals surface area contributed by atoms with Crippen molar-refractivity contribution in [3.05, 3.63) is 12.3 Å². The zero-order chi connectivity index (χ0) is 5.66. The molecule has 1 aliphatic heterocycles. The van der Waals surface area contributed by atoms with Crippen LogP contribution in [0, 0.1) is 0 Å². The van der Waals surface area contributed by atoms with E-state index in [0.29, 0.717) is 0 Å². The summed E-state index contributed by atoms with van der Waals surface area (Å²) in [5, 5.41) is 6.32. The molecule has 0 saturated carbocycles. The maximum atomic E-state index is 3.22. The molecule has 2 heteroatoms. The molecule has 2 N–H and O–H groups in total. The Bertz CT molecular complexity index is 68.6. The van der Waals surface area contributed by atoms with Crippen LogP contribution in [0.4, 0.5) is 0 Å². The zero-order valence-electron chi connectivity index (χ0n) is 4.98. The minimum atomic E-state index is 0.913. The Morgan fingerprint density at radius 1 is 1.38 bits per heavy atom. The van der Waals surface area contributed by atoms with Gasteiger partial charge in [0.05, 0.1) is 6.67 Å². The van der Waals surface area contributed by atoms with Crippen LogP contribution in [0.5, 0.6) is 0 Å². The van der Waals surface area contributed by atoms with Crippen LogP contribution in [0.15, 0.2) is 12.3 Å². The molecule has 46 valence electrons. The van der Waals surface area contributed by atoms with Crippen molar-refractivity contribution in [1.29, 1.82) is 0 Å². The van der Waals surface area contributed by atoms with Gasteiger partial charge in [0, 0.05) is 0 Å². The molecule has 0 aromatic carbocycles. The van der Waals surface area contributed by atoms with Crippen molar-refractivity contribution in [3.8, 4) is 0 Å². The molecule has 0 fully saturated rings. The van der Waals surface area contributed by atoms with Gasteiger partial charge in [0.25, 0.3) is 0 Å². The average Bonchev–Trinajstić information content (AvgIpc) is 1.62. The third-order valence-corrected chi connectivity index (χ3v) is 1.19. The first kappa shape index (κ1) is 5.63. The van der Waals surface area contributed by atoms with Crippen molar-refractivity contribution in [1.82, 2.24) is 10.6 Å². The topological polar surface area (TPSA) is 24.1 Å². The second-order valence-corrected chi connectivity index (χ2v) is 1.93. The Morgan fingerprint density at radius 3 is 3.38 bits per heavy atom. The monoisotopic (exact) mass is 112 g/mol. The lowest BCUT2D eigenvalue weighted by molar-refractivity contribution is 0.610. The third kappa shape index (κ3) is 1.98. The Labute approximate surface area is 50.0 Å². The van der Waals surface area contributed by atoms with Crippen LogP contribution in [0.3, 0.4) is 0 Å². The van der Waals surface area contributed by atoms with Gasteiger partial charge in [0.1, 0.15) is 0 Å². The molecule has 2 nitrogen and oxygen atoms in total. The first-order valence-electron chi connectivity index (χ1n) is 3.09. The molecule has 0 saturated heterocycles. The van der Waals surface area contributed by atoms with E-state index in [4.69, 9.17) is 0 Å². The quantitative estimate of drug-likeness (QED) is 0.475. The van der Waals surface area contributed by atoms with Crippen molar-refractivity contribution in [2.45, 2.75) is 12.8 Å². The van der Waals surface area contributed by atoms with Crippen LogP contribution in [-0.2, 0) is 0 Å². The summed E-state index contributed by atoms with van der Waals surface area (Å²) in [6.45, 7) is 2.05. The van der Waals surface area contributed by atoms with Gasteiger partial charge in [-0.25, -0.2) is 0 Å². The van der Waals surface area contributed by atoms with Crippen molar-refractivity contribution in [3.63, 3.8) is 0 Å². The average molecular weight is 112 g/mol. The second kappa shape index (κ2) is 3.50. The molecule has 0 aromatic rings. The molecule has 0 amide bonds. The summed E-state index contributed by atoms with van der Waals surface area (Å²) in [6, 6.07) is 0. The summed E-state index contributed by atoms with van der Waals surface area (Å²) in [4.78, 5) is 0. The lowest BCUT2D eigenvalue weighted by Gasteiger charge is -2.05. The zero-order valence-corrected chi connectivity index (χ0v) is 4.98. The molecule has 8 heavy (non-hydrogen) atoms. The molecular formula is C6H12N2. The van der Waals surface area contributed by atoms with Crippen LogP contribution < -0.4 is 10.6 Å². The van der Waals surface area contributed by atoms with E-state index in [9.17, 15) is 0 Å². The SMILES string of the molecule is C1=CNCNCCC1. The van der Waals surface area contributed by atoms with E-state index < -0.39 is 0 Å². The van der Waals surface area contributed by atoms with Crippen LogP contribution in [0.1, 0.15) is 12.8 Å². The molecule has 0 unspecified atom stereocenters.